The van der Waals surface area contributed by atoms with Crippen LogP contribution in [0.25, 0.3) is 0 Å². The number of hydrogen-bond donors (Lipinski definition) is 3. The standard InChI is InChI=1S/C9H10ClN3O2/c1-12-9(15)6-3-2-5(4-7(6)10)8(14)13-11/h2-4H,11H2,1H3,(H,12,15)(H,13,14). The predicted octanol–water partition coefficient (Wildman–Crippen LogP) is 0.303. The van der Waals surface area contributed by atoms with Gasteiger partial charge < -0.3 is 5.32 Å². The molecule has 0 aliphatic rings. The zero-order valence-electron chi connectivity index (χ0n) is 8.00. The summed E-state index contributed by atoms with van der Waals surface area (Å²) in [5, 5.41) is 2.64. The smallest absolute Gasteiger partial charge is 0.265 e. The van der Waals surface area contributed by atoms with E-state index < -0.39 is 5.91 Å². The lowest BCUT2D eigenvalue weighted by molar-refractivity contribution is 0.0946. The van der Waals surface area contributed by atoms with Gasteiger partial charge in [-0.3, -0.25) is 15.0 Å². The molecule has 5 nitrogen and oxygen atoms in total. The summed E-state index contributed by atoms with van der Waals surface area (Å²) < 4.78 is 0. The van der Waals surface area contributed by atoms with Gasteiger partial charge in [0.2, 0.25) is 0 Å². The second-order valence-corrected chi connectivity index (χ2v) is 3.15. The van der Waals surface area contributed by atoms with Crippen molar-refractivity contribution in [3.8, 4) is 0 Å². The molecule has 1 aromatic rings. The summed E-state index contributed by atoms with van der Waals surface area (Å²) in [6.07, 6.45) is 0. The molecular weight excluding hydrogens is 218 g/mol. The Bertz CT molecular complexity index is 406. The fourth-order valence-electron chi connectivity index (χ4n) is 1.06. The van der Waals surface area contributed by atoms with Gasteiger partial charge in [0.25, 0.3) is 11.8 Å². The highest BCUT2D eigenvalue weighted by atomic mass is 35.5. The molecular formula is C9H10ClN3O2. The largest absolute Gasteiger partial charge is 0.355 e. The van der Waals surface area contributed by atoms with Gasteiger partial charge in [-0.05, 0) is 18.2 Å². The van der Waals surface area contributed by atoms with E-state index in [4.69, 9.17) is 17.4 Å². The summed E-state index contributed by atoms with van der Waals surface area (Å²) in [5.74, 6) is 4.19. The van der Waals surface area contributed by atoms with E-state index >= 15 is 0 Å². The molecule has 15 heavy (non-hydrogen) atoms. The molecule has 0 aliphatic heterocycles. The highest BCUT2D eigenvalue weighted by Gasteiger charge is 2.11. The molecule has 0 bridgehead atoms. The van der Waals surface area contributed by atoms with Gasteiger partial charge in [0, 0.05) is 12.6 Å². The van der Waals surface area contributed by atoms with Crippen molar-refractivity contribution < 1.29 is 9.59 Å². The van der Waals surface area contributed by atoms with Crippen LogP contribution in [0.4, 0.5) is 0 Å². The van der Waals surface area contributed by atoms with Crippen molar-refractivity contribution >= 4 is 23.4 Å². The number of amides is 2. The Morgan fingerprint density at radius 2 is 2.00 bits per heavy atom. The Balaban J connectivity index is 3.08. The van der Waals surface area contributed by atoms with Crippen LogP contribution in [0.2, 0.25) is 5.02 Å². The Kier molecular flexibility index (Phi) is 3.65. The van der Waals surface area contributed by atoms with Crippen LogP contribution in [0.1, 0.15) is 20.7 Å². The van der Waals surface area contributed by atoms with E-state index in [2.05, 4.69) is 5.32 Å². The maximum absolute atomic E-state index is 11.3. The Hall–Kier alpha value is -1.59. The average Bonchev–Trinajstić information content (AvgIpc) is 2.26. The van der Waals surface area contributed by atoms with Crippen molar-refractivity contribution in [2.75, 3.05) is 7.05 Å². The molecule has 80 valence electrons. The second-order valence-electron chi connectivity index (χ2n) is 2.75. The van der Waals surface area contributed by atoms with Gasteiger partial charge in [-0.25, -0.2) is 5.84 Å². The number of benzene rings is 1. The number of carbonyl (C=O) groups excluding carboxylic acids is 2. The lowest BCUT2D eigenvalue weighted by Gasteiger charge is -2.04. The number of halogens is 1. The first-order valence-corrected chi connectivity index (χ1v) is 4.50. The monoisotopic (exact) mass is 227 g/mol. The van der Waals surface area contributed by atoms with E-state index in [0.29, 0.717) is 11.1 Å². The molecule has 0 saturated heterocycles. The molecule has 0 unspecified atom stereocenters. The molecule has 2 amide bonds. The zero-order chi connectivity index (χ0) is 11.4. The molecule has 0 aromatic heterocycles. The predicted molar refractivity (Wildman–Crippen MR) is 56.5 cm³/mol. The van der Waals surface area contributed by atoms with Crippen LogP contribution in [0.5, 0.6) is 0 Å². The van der Waals surface area contributed by atoms with Gasteiger partial charge in [-0.1, -0.05) is 11.6 Å². The number of hydrazine groups is 1. The first-order chi connectivity index (χ1) is 7.10. The van der Waals surface area contributed by atoms with Crippen LogP contribution < -0.4 is 16.6 Å². The summed E-state index contributed by atoms with van der Waals surface area (Å²) in [7, 11) is 1.50. The van der Waals surface area contributed by atoms with Crippen LogP contribution >= 0.6 is 11.6 Å². The highest BCUT2D eigenvalue weighted by molar-refractivity contribution is 6.34. The quantitative estimate of drug-likeness (QED) is 0.386. The molecule has 1 aromatic carbocycles. The first-order valence-electron chi connectivity index (χ1n) is 4.12. The molecule has 0 heterocycles. The summed E-state index contributed by atoms with van der Waals surface area (Å²) in [5.41, 5.74) is 2.59. The minimum atomic E-state index is -0.458. The fourth-order valence-corrected chi connectivity index (χ4v) is 1.32. The lowest BCUT2D eigenvalue weighted by Crippen LogP contribution is -2.30. The molecule has 0 fully saturated rings. The molecule has 0 radical (unpaired) electrons. The molecule has 1 rings (SSSR count). The number of carbonyl (C=O) groups is 2. The lowest BCUT2D eigenvalue weighted by atomic mass is 10.1. The van der Waals surface area contributed by atoms with Gasteiger partial charge >= 0.3 is 0 Å². The Morgan fingerprint density at radius 1 is 1.33 bits per heavy atom. The number of nitrogens with two attached hydrogens (primary N) is 1. The summed E-state index contributed by atoms with van der Waals surface area (Å²) in [6.45, 7) is 0. The van der Waals surface area contributed by atoms with Crippen LogP contribution in [0, 0.1) is 0 Å². The maximum Gasteiger partial charge on any atom is 0.265 e. The van der Waals surface area contributed by atoms with Gasteiger partial charge in [-0.2, -0.15) is 0 Å². The Morgan fingerprint density at radius 3 is 2.47 bits per heavy atom. The first kappa shape index (κ1) is 11.5. The number of nitrogens with one attached hydrogen (secondary N) is 2. The Labute approximate surface area is 91.6 Å². The SMILES string of the molecule is CNC(=O)c1ccc(C(=O)NN)cc1Cl. The van der Waals surface area contributed by atoms with Crippen LogP contribution in [-0.2, 0) is 0 Å². The fraction of sp³-hybridized carbons (Fsp3) is 0.111. The third kappa shape index (κ3) is 2.45. The third-order valence-electron chi connectivity index (χ3n) is 1.83. The summed E-state index contributed by atoms with van der Waals surface area (Å²) >= 11 is 5.82. The topological polar surface area (TPSA) is 84.2 Å². The minimum absolute atomic E-state index is 0.204. The molecule has 6 heteroatoms. The van der Waals surface area contributed by atoms with Gasteiger partial charge in [0.05, 0.1) is 10.6 Å². The van der Waals surface area contributed by atoms with Gasteiger partial charge in [-0.15, -0.1) is 0 Å². The molecule has 0 spiro atoms. The van der Waals surface area contributed by atoms with E-state index in [1.54, 1.807) is 0 Å². The number of hydrogen-bond acceptors (Lipinski definition) is 3. The van der Waals surface area contributed by atoms with Crippen LogP contribution in [0.15, 0.2) is 18.2 Å². The normalized spacial score (nSPS) is 9.53. The molecule has 0 saturated carbocycles. The van der Waals surface area contributed by atoms with Crippen molar-refractivity contribution in [2.45, 2.75) is 0 Å². The van der Waals surface area contributed by atoms with Crippen molar-refractivity contribution in [3.63, 3.8) is 0 Å². The minimum Gasteiger partial charge on any atom is -0.355 e. The van der Waals surface area contributed by atoms with Gasteiger partial charge in [0.15, 0.2) is 0 Å². The maximum atomic E-state index is 11.3. The van der Waals surface area contributed by atoms with Crippen molar-refractivity contribution in [1.82, 2.24) is 10.7 Å². The number of nitrogen functional groups attached to an aromatic ring is 1. The van der Waals surface area contributed by atoms with Gasteiger partial charge in [0.1, 0.15) is 0 Å². The van der Waals surface area contributed by atoms with E-state index in [1.807, 2.05) is 5.43 Å². The zero-order valence-corrected chi connectivity index (χ0v) is 8.76. The van der Waals surface area contributed by atoms with E-state index in [1.165, 1.54) is 25.2 Å². The van der Waals surface area contributed by atoms with E-state index in [-0.39, 0.29) is 10.9 Å². The molecule has 4 N–H and O–H groups in total. The van der Waals surface area contributed by atoms with Crippen LogP contribution in [0.3, 0.4) is 0 Å². The third-order valence-corrected chi connectivity index (χ3v) is 2.15. The van der Waals surface area contributed by atoms with Crippen molar-refractivity contribution in [2.24, 2.45) is 5.84 Å². The average molecular weight is 228 g/mol. The van der Waals surface area contributed by atoms with E-state index in [9.17, 15) is 9.59 Å². The summed E-state index contributed by atoms with van der Waals surface area (Å²) in [6, 6.07) is 4.32. The number of rotatable bonds is 2. The van der Waals surface area contributed by atoms with Crippen LogP contribution in [-0.4, -0.2) is 18.9 Å². The molecule has 0 aliphatic carbocycles. The van der Waals surface area contributed by atoms with Crippen molar-refractivity contribution in [3.05, 3.63) is 34.3 Å². The van der Waals surface area contributed by atoms with Crippen molar-refractivity contribution in [1.29, 1.82) is 0 Å². The summed E-state index contributed by atoms with van der Waals surface area (Å²) in [4.78, 5) is 22.4. The highest BCUT2D eigenvalue weighted by Crippen LogP contribution is 2.17. The molecule has 0 atom stereocenters. The van der Waals surface area contributed by atoms with E-state index in [0.717, 1.165) is 0 Å². The second kappa shape index (κ2) is 4.77.